The molecule has 0 saturated heterocycles. The summed E-state index contributed by atoms with van der Waals surface area (Å²) in [5, 5.41) is 8.57. The number of benzene rings is 1. The van der Waals surface area contributed by atoms with Gasteiger partial charge in [-0.05, 0) is 24.3 Å². The van der Waals surface area contributed by atoms with Crippen LogP contribution in [0.5, 0.6) is 0 Å². The molecule has 0 bridgehead atoms. The summed E-state index contributed by atoms with van der Waals surface area (Å²) >= 11 is 0. The van der Waals surface area contributed by atoms with Crippen molar-refractivity contribution in [2.45, 2.75) is 12.6 Å². The van der Waals surface area contributed by atoms with Gasteiger partial charge >= 0.3 is 6.18 Å². The zero-order valence-electron chi connectivity index (χ0n) is 10.1. The van der Waals surface area contributed by atoms with E-state index in [2.05, 4.69) is 4.98 Å². The Hall–Kier alpha value is -2.42. The average molecular weight is 280 g/mol. The van der Waals surface area contributed by atoms with E-state index in [1.54, 1.807) is 0 Å². The van der Waals surface area contributed by atoms with Gasteiger partial charge < -0.3 is 0 Å². The SMILES string of the molecule is N#CCc1ccc(F)c(-c2ccc(C(F)(F)F)cc2)n1. The summed E-state index contributed by atoms with van der Waals surface area (Å²) in [6.07, 6.45) is -4.43. The molecular weight excluding hydrogens is 272 g/mol. The predicted octanol–water partition coefficient (Wildman–Crippen LogP) is 3.97. The molecule has 1 heterocycles. The second-order valence-electron chi connectivity index (χ2n) is 4.04. The Labute approximate surface area is 112 Å². The van der Waals surface area contributed by atoms with E-state index in [9.17, 15) is 17.6 Å². The van der Waals surface area contributed by atoms with Crippen molar-refractivity contribution in [3.8, 4) is 17.3 Å². The van der Waals surface area contributed by atoms with Gasteiger partial charge in [-0.2, -0.15) is 18.4 Å². The van der Waals surface area contributed by atoms with Crippen LogP contribution in [0.1, 0.15) is 11.3 Å². The highest BCUT2D eigenvalue weighted by molar-refractivity contribution is 5.60. The Morgan fingerprint density at radius 3 is 2.25 bits per heavy atom. The van der Waals surface area contributed by atoms with Crippen LogP contribution in [0.25, 0.3) is 11.3 Å². The van der Waals surface area contributed by atoms with Crippen molar-refractivity contribution in [1.29, 1.82) is 5.26 Å². The number of pyridine rings is 1. The number of aromatic nitrogens is 1. The second kappa shape index (κ2) is 5.29. The van der Waals surface area contributed by atoms with Gasteiger partial charge in [-0.3, -0.25) is 0 Å². The van der Waals surface area contributed by atoms with Gasteiger partial charge in [0.1, 0.15) is 11.5 Å². The topological polar surface area (TPSA) is 36.7 Å². The van der Waals surface area contributed by atoms with Gasteiger partial charge in [0.05, 0.1) is 23.7 Å². The lowest BCUT2D eigenvalue weighted by Crippen LogP contribution is -2.04. The Morgan fingerprint density at radius 1 is 1.05 bits per heavy atom. The van der Waals surface area contributed by atoms with E-state index < -0.39 is 17.6 Å². The fraction of sp³-hybridized carbons (Fsp3) is 0.143. The van der Waals surface area contributed by atoms with Crippen molar-refractivity contribution in [2.24, 2.45) is 0 Å². The molecule has 1 aromatic heterocycles. The molecule has 2 aromatic rings. The normalized spacial score (nSPS) is 11.2. The zero-order chi connectivity index (χ0) is 14.8. The highest BCUT2D eigenvalue weighted by Gasteiger charge is 2.30. The maximum Gasteiger partial charge on any atom is 0.416 e. The molecule has 0 N–H and O–H groups in total. The summed E-state index contributed by atoms with van der Waals surface area (Å²) in [5.41, 5.74) is -0.277. The molecule has 0 aliphatic heterocycles. The molecular formula is C14H8F4N2. The van der Waals surface area contributed by atoms with Gasteiger partial charge in [0.2, 0.25) is 0 Å². The minimum Gasteiger partial charge on any atom is -0.249 e. The maximum absolute atomic E-state index is 13.7. The number of hydrogen-bond acceptors (Lipinski definition) is 2. The lowest BCUT2D eigenvalue weighted by Gasteiger charge is -2.08. The molecule has 0 aliphatic rings. The molecule has 2 nitrogen and oxygen atoms in total. The standard InChI is InChI=1S/C14H8F4N2/c15-12-6-5-11(7-8-19)20-13(12)9-1-3-10(4-2-9)14(16,17)18/h1-6H,7H2. The highest BCUT2D eigenvalue weighted by atomic mass is 19.4. The molecule has 0 radical (unpaired) electrons. The van der Waals surface area contributed by atoms with Crippen LogP contribution in [-0.4, -0.2) is 4.98 Å². The average Bonchev–Trinajstić information content (AvgIpc) is 2.40. The lowest BCUT2D eigenvalue weighted by molar-refractivity contribution is -0.137. The number of nitrogens with zero attached hydrogens (tertiary/aromatic N) is 2. The second-order valence-corrected chi connectivity index (χ2v) is 4.04. The van der Waals surface area contributed by atoms with Gasteiger partial charge in [0.25, 0.3) is 0 Å². The summed E-state index contributed by atoms with van der Waals surface area (Å²) in [4.78, 5) is 3.95. The monoisotopic (exact) mass is 280 g/mol. The van der Waals surface area contributed by atoms with Crippen LogP contribution in [-0.2, 0) is 12.6 Å². The summed E-state index contributed by atoms with van der Waals surface area (Å²) in [6.45, 7) is 0. The summed E-state index contributed by atoms with van der Waals surface area (Å²) in [5.74, 6) is -0.647. The first-order valence-electron chi connectivity index (χ1n) is 5.62. The third kappa shape index (κ3) is 2.94. The molecule has 0 unspecified atom stereocenters. The fourth-order valence-corrected chi connectivity index (χ4v) is 1.68. The molecule has 2 rings (SSSR count). The molecule has 0 aliphatic carbocycles. The lowest BCUT2D eigenvalue weighted by atomic mass is 10.1. The zero-order valence-corrected chi connectivity index (χ0v) is 10.1. The van der Waals surface area contributed by atoms with Crippen molar-refractivity contribution >= 4 is 0 Å². The maximum atomic E-state index is 13.7. The molecule has 0 atom stereocenters. The van der Waals surface area contributed by atoms with E-state index in [4.69, 9.17) is 5.26 Å². The van der Waals surface area contributed by atoms with E-state index >= 15 is 0 Å². The molecule has 0 saturated carbocycles. The van der Waals surface area contributed by atoms with Crippen LogP contribution in [0, 0.1) is 17.1 Å². The van der Waals surface area contributed by atoms with E-state index in [-0.39, 0.29) is 17.7 Å². The van der Waals surface area contributed by atoms with Crippen molar-refractivity contribution in [3.05, 3.63) is 53.5 Å². The molecule has 20 heavy (non-hydrogen) atoms. The van der Waals surface area contributed by atoms with Gasteiger partial charge in [0.15, 0.2) is 0 Å². The van der Waals surface area contributed by atoms with Crippen LogP contribution in [0.4, 0.5) is 17.6 Å². The molecule has 0 amide bonds. The highest BCUT2D eigenvalue weighted by Crippen LogP contribution is 2.31. The molecule has 0 fully saturated rings. The Morgan fingerprint density at radius 2 is 1.70 bits per heavy atom. The van der Waals surface area contributed by atoms with Crippen LogP contribution in [0.15, 0.2) is 36.4 Å². The van der Waals surface area contributed by atoms with Crippen molar-refractivity contribution in [2.75, 3.05) is 0 Å². The Bertz CT molecular complexity index is 654. The molecule has 0 spiro atoms. The van der Waals surface area contributed by atoms with Crippen LogP contribution in [0.3, 0.4) is 0 Å². The predicted molar refractivity (Wildman–Crippen MR) is 64.0 cm³/mol. The fourth-order valence-electron chi connectivity index (χ4n) is 1.68. The number of rotatable bonds is 2. The van der Waals surface area contributed by atoms with Crippen molar-refractivity contribution in [1.82, 2.24) is 4.98 Å². The van der Waals surface area contributed by atoms with Crippen molar-refractivity contribution < 1.29 is 17.6 Å². The summed E-state index contributed by atoms with van der Waals surface area (Å²) in [6, 6.07) is 8.44. The largest absolute Gasteiger partial charge is 0.416 e. The van der Waals surface area contributed by atoms with E-state index in [0.717, 1.165) is 30.3 Å². The van der Waals surface area contributed by atoms with E-state index in [0.29, 0.717) is 5.69 Å². The minimum atomic E-state index is -4.44. The number of hydrogen-bond donors (Lipinski definition) is 0. The molecule has 1 aromatic carbocycles. The number of alkyl halides is 3. The Kier molecular flexibility index (Phi) is 3.70. The molecule has 6 heteroatoms. The third-order valence-corrected chi connectivity index (χ3v) is 2.65. The van der Waals surface area contributed by atoms with Crippen LogP contribution >= 0.6 is 0 Å². The van der Waals surface area contributed by atoms with Crippen LogP contribution in [0.2, 0.25) is 0 Å². The van der Waals surface area contributed by atoms with Gasteiger partial charge in [-0.1, -0.05) is 12.1 Å². The molecule has 102 valence electrons. The van der Waals surface area contributed by atoms with E-state index in [1.165, 1.54) is 6.07 Å². The van der Waals surface area contributed by atoms with Crippen molar-refractivity contribution in [3.63, 3.8) is 0 Å². The first-order chi connectivity index (χ1) is 9.41. The smallest absolute Gasteiger partial charge is 0.249 e. The first-order valence-corrected chi connectivity index (χ1v) is 5.62. The van der Waals surface area contributed by atoms with Crippen LogP contribution < -0.4 is 0 Å². The summed E-state index contributed by atoms with van der Waals surface area (Å²) in [7, 11) is 0. The number of nitriles is 1. The number of halogens is 4. The van der Waals surface area contributed by atoms with Gasteiger partial charge in [-0.25, -0.2) is 9.37 Å². The summed E-state index contributed by atoms with van der Waals surface area (Å²) < 4.78 is 51.0. The quantitative estimate of drug-likeness (QED) is 0.780. The van der Waals surface area contributed by atoms with E-state index in [1.807, 2.05) is 6.07 Å². The first kappa shape index (κ1) is 14.0. The van der Waals surface area contributed by atoms with Gasteiger partial charge in [-0.15, -0.1) is 0 Å². The minimum absolute atomic E-state index is 0.00785. The third-order valence-electron chi connectivity index (χ3n) is 2.65. The Balaban J connectivity index is 2.41. The van der Waals surface area contributed by atoms with Gasteiger partial charge in [0, 0.05) is 5.56 Å².